The van der Waals surface area contributed by atoms with Gasteiger partial charge in [-0.1, -0.05) is 34.4 Å². The quantitative estimate of drug-likeness (QED) is 0.242. The number of hydrogen-bond donors (Lipinski definition) is 4. The highest BCUT2D eigenvalue weighted by atomic mass is 33.1. The van der Waals surface area contributed by atoms with E-state index >= 15 is 0 Å². The van der Waals surface area contributed by atoms with Gasteiger partial charge in [-0.15, -0.1) is 0 Å². The van der Waals surface area contributed by atoms with Gasteiger partial charge in [-0.25, -0.2) is 0 Å². The van der Waals surface area contributed by atoms with Gasteiger partial charge >= 0.3 is 0 Å². The lowest BCUT2D eigenvalue weighted by Crippen LogP contribution is -2.19. The molecule has 0 aliphatic carbocycles. The summed E-state index contributed by atoms with van der Waals surface area (Å²) >= 11 is 0. The van der Waals surface area contributed by atoms with E-state index in [9.17, 15) is 0 Å². The summed E-state index contributed by atoms with van der Waals surface area (Å²) in [6.07, 6.45) is 7.33. The summed E-state index contributed by atoms with van der Waals surface area (Å²) < 4.78 is 0. The topological polar surface area (TPSA) is 76.1 Å². The van der Waals surface area contributed by atoms with Gasteiger partial charge in [-0.05, 0) is 51.9 Å². The Balaban J connectivity index is 2.89. The molecule has 0 aliphatic rings. The third-order valence-corrected chi connectivity index (χ3v) is 5.33. The van der Waals surface area contributed by atoms with Gasteiger partial charge in [-0.2, -0.15) is 0 Å². The first-order chi connectivity index (χ1) is 9.91. The number of rotatable bonds is 17. The molecule has 0 spiro atoms. The molecule has 0 aromatic rings. The van der Waals surface area contributed by atoms with Crippen LogP contribution < -0.4 is 22.1 Å². The molecule has 0 rings (SSSR count). The average molecular weight is 323 g/mol. The summed E-state index contributed by atoms with van der Waals surface area (Å²) in [5.41, 5.74) is 10.9. The van der Waals surface area contributed by atoms with Gasteiger partial charge in [0.05, 0.1) is 0 Å². The first-order valence-corrected chi connectivity index (χ1v) is 10.5. The second kappa shape index (κ2) is 19.5. The lowest BCUT2D eigenvalue weighted by atomic mass is 10.2. The second-order valence-corrected chi connectivity index (χ2v) is 7.54. The summed E-state index contributed by atoms with van der Waals surface area (Å²) in [4.78, 5) is 0. The predicted molar refractivity (Wildman–Crippen MR) is 96.5 cm³/mol. The highest BCUT2D eigenvalue weighted by Crippen LogP contribution is 2.19. The van der Waals surface area contributed by atoms with Crippen molar-refractivity contribution in [3.8, 4) is 0 Å². The van der Waals surface area contributed by atoms with Crippen LogP contribution in [0.3, 0.4) is 0 Å². The standard InChI is InChI=1S/C14H34N4S2/c15-7-3-1-5-9-17-11-13-19-20-14-12-18-10-6-2-4-8-16/h17-18H,1-16H2. The molecule has 20 heavy (non-hydrogen) atoms. The molecule has 0 atom stereocenters. The van der Waals surface area contributed by atoms with Crippen LogP contribution in [0.2, 0.25) is 0 Å². The summed E-state index contributed by atoms with van der Waals surface area (Å²) in [5.74, 6) is 2.39. The number of hydrogen-bond acceptors (Lipinski definition) is 6. The third-order valence-electron chi connectivity index (χ3n) is 2.92. The lowest BCUT2D eigenvalue weighted by Gasteiger charge is -2.05. The van der Waals surface area contributed by atoms with Crippen molar-refractivity contribution < 1.29 is 0 Å². The molecule has 122 valence electrons. The smallest absolute Gasteiger partial charge is 0.0162 e. The maximum absolute atomic E-state index is 5.45. The van der Waals surface area contributed by atoms with Crippen molar-refractivity contribution in [3.05, 3.63) is 0 Å². The van der Waals surface area contributed by atoms with E-state index in [2.05, 4.69) is 10.6 Å². The van der Waals surface area contributed by atoms with Crippen LogP contribution in [0.5, 0.6) is 0 Å². The van der Waals surface area contributed by atoms with E-state index in [-0.39, 0.29) is 0 Å². The molecular formula is C14H34N4S2. The molecule has 0 aromatic carbocycles. The first-order valence-electron chi connectivity index (χ1n) is 7.97. The van der Waals surface area contributed by atoms with Crippen molar-refractivity contribution in [2.24, 2.45) is 11.5 Å². The minimum absolute atomic E-state index is 0.827. The Morgan fingerprint density at radius 1 is 0.550 bits per heavy atom. The highest BCUT2D eigenvalue weighted by Gasteiger charge is 1.93. The van der Waals surface area contributed by atoms with E-state index < -0.39 is 0 Å². The van der Waals surface area contributed by atoms with E-state index in [0.29, 0.717) is 0 Å². The minimum Gasteiger partial charge on any atom is -0.330 e. The Kier molecular flexibility index (Phi) is 20.1. The Hall–Kier alpha value is 0.540. The van der Waals surface area contributed by atoms with Gasteiger partial charge in [0.25, 0.3) is 0 Å². The van der Waals surface area contributed by atoms with Crippen LogP contribution in [0, 0.1) is 0 Å². The van der Waals surface area contributed by atoms with Gasteiger partial charge in [-0.3, -0.25) is 0 Å². The van der Waals surface area contributed by atoms with E-state index in [0.717, 1.165) is 52.1 Å². The van der Waals surface area contributed by atoms with Crippen molar-refractivity contribution in [2.75, 3.05) is 50.8 Å². The van der Waals surface area contributed by atoms with Crippen molar-refractivity contribution in [1.29, 1.82) is 0 Å². The highest BCUT2D eigenvalue weighted by molar-refractivity contribution is 8.76. The third kappa shape index (κ3) is 18.5. The molecule has 0 bridgehead atoms. The molecule has 0 aromatic heterocycles. The maximum atomic E-state index is 5.45. The van der Waals surface area contributed by atoms with E-state index in [1.807, 2.05) is 21.6 Å². The monoisotopic (exact) mass is 322 g/mol. The van der Waals surface area contributed by atoms with Gasteiger partial charge in [0.15, 0.2) is 0 Å². The Bertz CT molecular complexity index is 155. The summed E-state index contributed by atoms with van der Waals surface area (Å²) in [5, 5.41) is 6.95. The minimum atomic E-state index is 0.827. The first kappa shape index (κ1) is 20.5. The van der Waals surface area contributed by atoms with E-state index in [4.69, 9.17) is 11.5 Å². The molecule has 0 saturated carbocycles. The molecule has 0 fully saturated rings. The van der Waals surface area contributed by atoms with Crippen LogP contribution >= 0.6 is 21.6 Å². The fraction of sp³-hybridized carbons (Fsp3) is 1.00. The molecule has 0 unspecified atom stereocenters. The van der Waals surface area contributed by atoms with Crippen LogP contribution in [0.1, 0.15) is 38.5 Å². The molecule has 0 saturated heterocycles. The fourth-order valence-corrected chi connectivity index (χ4v) is 3.64. The molecule has 4 nitrogen and oxygen atoms in total. The zero-order valence-corrected chi connectivity index (χ0v) is 14.5. The van der Waals surface area contributed by atoms with Crippen LogP contribution in [-0.2, 0) is 0 Å². The van der Waals surface area contributed by atoms with Crippen LogP contribution in [0.4, 0.5) is 0 Å². The van der Waals surface area contributed by atoms with Crippen molar-refractivity contribution >= 4 is 21.6 Å². The van der Waals surface area contributed by atoms with Crippen LogP contribution in [-0.4, -0.2) is 50.8 Å². The maximum Gasteiger partial charge on any atom is 0.0162 e. The lowest BCUT2D eigenvalue weighted by molar-refractivity contribution is 0.623. The Morgan fingerprint density at radius 2 is 1.00 bits per heavy atom. The number of nitrogens with one attached hydrogen (secondary N) is 2. The second-order valence-electron chi connectivity index (χ2n) is 4.84. The van der Waals surface area contributed by atoms with Crippen LogP contribution in [0.25, 0.3) is 0 Å². The summed E-state index contributed by atoms with van der Waals surface area (Å²) in [6.45, 7) is 6.16. The molecule has 6 heteroatoms. The van der Waals surface area contributed by atoms with Crippen molar-refractivity contribution in [1.82, 2.24) is 10.6 Å². The predicted octanol–water partition coefficient (Wildman–Crippen LogP) is 1.81. The van der Waals surface area contributed by atoms with Crippen molar-refractivity contribution in [2.45, 2.75) is 38.5 Å². The molecule has 0 aliphatic heterocycles. The largest absolute Gasteiger partial charge is 0.330 e. The van der Waals surface area contributed by atoms with E-state index in [1.165, 1.54) is 37.2 Å². The van der Waals surface area contributed by atoms with Gasteiger partial charge in [0.2, 0.25) is 0 Å². The number of nitrogens with two attached hydrogens (primary N) is 2. The zero-order chi connectivity index (χ0) is 14.7. The molecule has 0 radical (unpaired) electrons. The SMILES string of the molecule is NCCCCCNCCSSCCNCCCCCN. The van der Waals surface area contributed by atoms with E-state index in [1.54, 1.807) is 0 Å². The molecule has 0 heterocycles. The van der Waals surface area contributed by atoms with Gasteiger partial charge in [0, 0.05) is 24.6 Å². The Morgan fingerprint density at radius 3 is 1.40 bits per heavy atom. The van der Waals surface area contributed by atoms with Gasteiger partial charge in [0.1, 0.15) is 0 Å². The summed E-state index contributed by atoms with van der Waals surface area (Å²) in [6, 6.07) is 0. The fourth-order valence-electron chi connectivity index (χ4n) is 1.74. The molecule has 6 N–H and O–H groups in total. The molecule has 0 amide bonds. The van der Waals surface area contributed by atoms with Crippen molar-refractivity contribution in [3.63, 3.8) is 0 Å². The van der Waals surface area contributed by atoms with Gasteiger partial charge < -0.3 is 22.1 Å². The number of unbranched alkanes of at least 4 members (excludes halogenated alkanes) is 4. The normalized spacial score (nSPS) is 11.1. The average Bonchev–Trinajstić information content (AvgIpc) is 2.47. The Labute approximate surface area is 133 Å². The van der Waals surface area contributed by atoms with Crippen LogP contribution in [0.15, 0.2) is 0 Å². The summed E-state index contributed by atoms with van der Waals surface area (Å²) in [7, 11) is 3.94. The zero-order valence-electron chi connectivity index (χ0n) is 12.9. The molecular weight excluding hydrogens is 288 g/mol.